The maximum Gasteiger partial charge on any atom is 0.255 e. The van der Waals surface area contributed by atoms with E-state index in [1.165, 1.54) is 18.1 Å². The number of piperidine rings is 1. The highest BCUT2D eigenvalue weighted by Crippen LogP contribution is 2.37. The standard InChI is InChI=1S/C33H39FN8O3.ClH/c1-40(2)33(43)24-9-10-29(39-32(24)31-26(34)7-4-8-28(31)44-3)38-30-16-27(41-13-5-6-22(35)20-41)25(18-36-30)21-17-37-42(19-21)23-11-14-45-15-12-23;/h4,7-10,16-19,22-23H,5-6,11-15,20,35H2,1-3H3,(H,36,38,39);1H/t22-;/m0./s1. The van der Waals surface area contributed by atoms with Crippen molar-refractivity contribution in [1.29, 1.82) is 0 Å². The van der Waals surface area contributed by atoms with E-state index >= 15 is 4.39 Å². The van der Waals surface area contributed by atoms with Crippen molar-refractivity contribution in [3.63, 3.8) is 0 Å². The van der Waals surface area contributed by atoms with Crippen molar-refractivity contribution in [3.8, 4) is 28.1 Å². The Hall–Kier alpha value is -4.26. The summed E-state index contributed by atoms with van der Waals surface area (Å²) in [4.78, 5) is 26.3. The lowest BCUT2D eigenvalue weighted by Gasteiger charge is -2.34. The minimum absolute atomic E-state index is 0. The molecule has 0 unspecified atom stereocenters. The molecule has 0 bridgehead atoms. The third-order valence-corrected chi connectivity index (χ3v) is 8.38. The van der Waals surface area contributed by atoms with Crippen LogP contribution < -0.4 is 20.7 Å². The highest BCUT2D eigenvalue weighted by molar-refractivity contribution is 6.00. The Morgan fingerprint density at radius 3 is 2.67 bits per heavy atom. The summed E-state index contributed by atoms with van der Waals surface area (Å²) in [6, 6.07) is 10.2. The Bertz CT molecular complexity index is 1680. The summed E-state index contributed by atoms with van der Waals surface area (Å²) in [5, 5.41) is 7.98. The first-order chi connectivity index (χ1) is 21.8. The third kappa shape index (κ3) is 6.93. The van der Waals surface area contributed by atoms with Crippen molar-refractivity contribution in [2.45, 2.75) is 37.8 Å². The first kappa shape index (κ1) is 33.1. The molecule has 3 aromatic heterocycles. The topological polar surface area (TPSA) is 124 Å². The number of methoxy groups -OCH3 is 1. The second-order valence-corrected chi connectivity index (χ2v) is 11.7. The molecule has 6 rings (SSSR count). The minimum Gasteiger partial charge on any atom is -0.496 e. The van der Waals surface area contributed by atoms with Gasteiger partial charge in [-0.05, 0) is 49.9 Å². The molecule has 1 aromatic carbocycles. The number of hydrogen-bond acceptors (Lipinski definition) is 9. The number of rotatable bonds is 8. The van der Waals surface area contributed by atoms with E-state index in [9.17, 15) is 4.79 Å². The lowest BCUT2D eigenvalue weighted by molar-refractivity contribution is 0.0662. The van der Waals surface area contributed by atoms with Crippen LogP contribution in [0.4, 0.5) is 21.7 Å². The van der Waals surface area contributed by atoms with Gasteiger partial charge in [0.15, 0.2) is 0 Å². The van der Waals surface area contributed by atoms with Crippen LogP contribution in [0.25, 0.3) is 22.4 Å². The second-order valence-electron chi connectivity index (χ2n) is 11.7. The molecule has 13 heteroatoms. The van der Waals surface area contributed by atoms with E-state index in [-0.39, 0.29) is 46.9 Å². The average molecular weight is 651 g/mol. The SMILES string of the molecule is COc1cccc(F)c1-c1nc(Nc2cc(N3CCC[C@H](N)C3)c(-c3cnn(C4CCOCC4)c3)cn2)ccc1C(=O)N(C)C.Cl. The summed E-state index contributed by atoms with van der Waals surface area (Å²) in [5.41, 5.74) is 9.87. The first-order valence-electron chi connectivity index (χ1n) is 15.3. The number of aromatic nitrogens is 4. The van der Waals surface area contributed by atoms with Crippen LogP contribution in [0.2, 0.25) is 0 Å². The summed E-state index contributed by atoms with van der Waals surface area (Å²) in [5.74, 6) is 0.385. The quantitative estimate of drug-likeness (QED) is 0.261. The molecule has 4 aromatic rings. The van der Waals surface area contributed by atoms with E-state index in [4.69, 9.17) is 30.3 Å². The van der Waals surface area contributed by atoms with Crippen LogP contribution >= 0.6 is 12.4 Å². The molecule has 244 valence electrons. The predicted molar refractivity (Wildman–Crippen MR) is 179 cm³/mol. The lowest BCUT2D eigenvalue weighted by Crippen LogP contribution is -2.43. The smallest absolute Gasteiger partial charge is 0.255 e. The van der Waals surface area contributed by atoms with E-state index in [1.54, 1.807) is 38.4 Å². The van der Waals surface area contributed by atoms with Crippen LogP contribution in [-0.2, 0) is 4.74 Å². The van der Waals surface area contributed by atoms with E-state index < -0.39 is 5.82 Å². The van der Waals surface area contributed by atoms with Gasteiger partial charge in [-0.1, -0.05) is 6.07 Å². The summed E-state index contributed by atoms with van der Waals surface area (Å²) in [6.45, 7) is 3.07. The highest BCUT2D eigenvalue weighted by Gasteiger charge is 2.25. The van der Waals surface area contributed by atoms with E-state index in [1.807, 2.05) is 23.1 Å². The van der Waals surface area contributed by atoms with Crippen molar-refractivity contribution < 1.29 is 18.7 Å². The fourth-order valence-corrected chi connectivity index (χ4v) is 6.02. The van der Waals surface area contributed by atoms with Crippen molar-refractivity contribution >= 4 is 35.6 Å². The van der Waals surface area contributed by atoms with Crippen LogP contribution in [0.15, 0.2) is 55.0 Å². The molecule has 2 saturated heterocycles. The molecule has 1 amide bonds. The number of ether oxygens (including phenoxy) is 2. The number of anilines is 3. The molecule has 0 saturated carbocycles. The van der Waals surface area contributed by atoms with Crippen LogP contribution in [0.3, 0.4) is 0 Å². The second kappa shape index (κ2) is 14.4. The van der Waals surface area contributed by atoms with Crippen molar-refractivity contribution in [3.05, 3.63) is 66.4 Å². The molecule has 0 spiro atoms. The number of carbonyl (C=O) groups is 1. The zero-order valence-electron chi connectivity index (χ0n) is 26.3. The summed E-state index contributed by atoms with van der Waals surface area (Å²) in [7, 11) is 4.74. The predicted octanol–water partition coefficient (Wildman–Crippen LogP) is 5.30. The van der Waals surface area contributed by atoms with Gasteiger partial charge < -0.3 is 30.3 Å². The number of nitrogens with zero attached hydrogens (tertiary/aromatic N) is 6. The van der Waals surface area contributed by atoms with Gasteiger partial charge in [0.25, 0.3) is 5.91 Å². The maximum atomic E-state index is 15.2. The van der Waals surface area contributed by atoms with Crippen molar-refractivity contribution in [2.24, 2.45) is 5.73 Å². The molecule has 3 N–H and O–H groups in total. The normalized spacial score (nSPS) is 16.9. The summed E-state index contributed by atoms with van der Waals surface area (Å²) in [6.07, 6.45) is 9.66. The lowest BCUT2D eigenvalue weighted by atomic mass is 10.0. The van der Waals surface area contributed by atoms with Gasteiger partial charge in [-0.3, -0.25) is 9.48 Å². The number of benzene rings is 1. The number of amides is 1. The molecule has 11 nitrogen and oxygen atoms in total. The number of nitrogens with two attached hydrogens (primary N) is 1. The van der Waals surface area contributed by atoms with Gasteiger partial charge in [0.1, 0.15) is 23.2 Å². The number of carbonyl (C=O) groups excluding carboxylic acids is 1. The molecule has 0 aliphatic carbocycles. The molecule has 0 radical (unpaired) electrons. The monoisotopic (exact) mass is 650 g/mol. The van der Waals surface area contributed by atoms with E-state index in [0.717, 1.165) is 68.8 Å². The van der Waals surface area contributed by atoms with E-state index in [0.29, 0.717) is 17.7 Å². The highest BCUT2D eigenvalue weighted by atomic mass is 35.5. The fourth-order valence-electron chi connectivity index (χ4n) is 6.02. The average Bonchev–Trinajstić information content (AvgIpc) is 3.55. The van der Waals surface area contributed by atoms with Crippen molar-refractivity contribution in [2.75, 3.05) is 57.7 Å². The van der Waals surface area contributed by atoms with Gasteiger partial charge >= 0.3 is 0 Å². The van der Waals surface area contributed by atoms with Gasteiger partial charge in [-0.2, -0.15) is 5.10 Å². The maximum absolute atomic E-state index is 15.2. The minimum atomic E-state index is -0.542. The molecule has 1 atom stereocenters. The van der Waals surface area contributed by atoms with Gasteiger partial charge in [-0.15, -0.1) is 12.4 Å². The van der Waals surface area contributed by atoms with Gasteiger partial charge in [0.2, 0.25) is 0 Å². The van der Waals surface area contributed by atoms with Crippen LogP contribution in [0.5, 0.6) is 5.75 Å². The Morgan fingerprint density at radius 2 is 1.93 bits per heavy atom. The zero-order chi connectivity index (χ0) is 31.5. The number of nitrogens with one attached hydrogen (secondary N) is 1. The third-order valence-electron chi connectivity index (χ3n) is 8.38. The number of hydrogen-bond donors (Lipinski definition) is 2. The van der Waals surface area contributed by atoms with Gasteiger partial charge in [-0.25, -0.2) is 14.4 Å². The number of pyridine rings is 2. The van der Waals surface area contributed by atoms with Crippen LogP contribution in [0.1, 0.15) is 42.1 Å². The Kier molecular flexibility index (Phi) is 10.4. The van der Waals surface area contributed by atoms with Crippen molar-refractivity contribution in [1.82, 2.24) is 24.6 Å². The molecule has 2 aliphatic heterocycles. The molecular weight excluding hydrogens is 611 g/mol. The Morgan fingerprint density at radius 1 is 1.13 bits per heavy atom. The number of halogens is 2. The van der Waals surface area contributed by atoms with Crippen LogP contribution in [0, 0.1) is 5.82 Å². The fraction of sp³-hybridized carbons (Fsp3) is 0.394. The molecule has 5 heterocycles. The van der Waals surface area contributed by atoms with Gasteiger partial charge in [0.05, 0.1) is 36.2 Å². The molecule has 2 aliphatic rings. The molecule has 2 fully saturated rings. The first-order valence-corrected chi connectivity index (χ1v) is 15.3. The van der Waals surface area contributed by atoms with Gasteiger partial charge in [0, 0.05) is 81.7 Å². The molecule has 46 heavy (non-hydrogen) atoms. The molecular formula is C33H40ClFN8O3. The Labute approximate surface area is 274 Å². The van der Waals surface area contributed by atoms with E-state index in [2.05, 4.69) is 16.4 Å². The Balaban J connectivity index is 0.00000417. The summed E-state index contributed by atoms with van der Waals surface area (Å²) >= 11 is 0. The summed E-state index contributed by atoms with van der Waals surface area (Å²) < 4.78 is 28.3. The van der Waals surface area contributed by atoms with Crippen LogP contribution in [-0.4, -0.2) is 84.1 Å². The zero-order valence-corrected chi connectivity index (χ0v) is 27.1. The largest absolute Gasteiger partial charge is 0.496 e.